The van der Waals surface area contributed by atoms with E-state index in [1.54, 1.807) is 0 Å². The first-order chi connectivity index (χ1) is 7.72. The molecule has 0 bridgehead atoms. The predicted molar refractivity (Wildman–Crippen MR) is 66.8 cm³/mol. The molecule has 3 nitrogen and oxygen atoms in total. The molecule has 1 aromatic heterocycles. The van der Waals surface area contributed by atoms with Gasteiger partial charge in [-0.1, -0.05) is 42.1 Å². The fourth-order valence-corrected chi connectivity index (χ4v) is 2.02. The van der Waals surface area contributed by atoms with Crippen molar-refractivity contribution in [2.24, 2.45) is 0 Å². The van der Waals surface area contributed by atoms with Gasteiger partial charge in [-0.3, -0.25) is 4.79 Å². The van der Waals surface area contributed by atoms with Crippen LogP contribution in [0.1, 0.15) is 5.69 Å². The second-order valence-corrected chi connectivity index (χ2v) is 4.20. The van der Waals surface area contributed by atoms with Crippen molar-refractivity contribution in [1.29, 1.82) is 0 Å². The number of nitrogens with one attached hydrogen (secondary N) is 1. The third kappa shape index (κ3) is 2.02. The van der Waals surface area contributed by atoms with Crippen molar-refractivity contribution < 1.29 is 0 Å². The number of nitrogens with zero attached hydrogens (tertiary/aromatic N) is 1. The second-order valence-electron chi connectivity index (χ2n) is 3.40. The third-order valence-corrected chi connectivity index (χ3v) is 2.91. The summed E-state index contributed by atoms with van der Waals surface area (Å²) < 4.78 is 0. The van der Waals surface area contributed by atoms with Crippen molar-refractivity contribution in [1.82, 2.24) is 9.97 Å². The fraction of sp³-hybridized carbons (Fsp3) is 0.167. The van der Waals surface area contributed by atoms with Gasteiger partial charge in [-0.2, -0.15) is 0 Å². The van der Waals surface area contributed by atoms with Gasteiger partial charge in [-0.15, -0.1) is 0 Å². The molecule has 2 aromatic rings. The molecule has 0 unspecified atom stereocenters. The summed E-state index contributed by atoms with van der Waals surface area (Å²) in [5.41, 5.74) is 2.24. The van der Waals surface area contributed by atoms with Gasteiger partial charge in [0.05, 0.1) is 11.3 Å². The van der Waals surface area contributed by atoms with E-state index in [0.717, 1.165) is 11.3 Å². The van der Waals surface area contributed by atoms with E-state index in [4.69, 9.17) is 0 Å². The monoisotopic (exact) mass is 232 g/mol. The van der Waals surface area contributed by atoms with Gasteiger partial charge in [0.1, 0.15) is 0 Å². The normalized spacial score (nSPS) is 10.4. The molecule has 2 rings (SSSR count). The maximum Gasteiger partial charge on any atom is 0.259 e. The van der Waals surface area contributed by atoms with Crippen molar-refractivity contribution >= 4 is 11.8 Å². The first-order valence-corrected chi connectivity index (χ1v) is 6.15. The molecule has 0 aliphatic heterocycles. The van der Waals surface area contributed by atoms with Crippen LogP contribution in [0.2, 0.25) is 0 Å². The average Bonchev–Trinajstić information content (AvgIpc) is 2.29. The molecular formula is C12H12N2OS. The van der Waals surface area contributed by atoms with Gasteiger partial charge in [0.2, 0.25) is 0 Å². The Morgan fingerprint density at radius 1 is 1.25 bits per heavy atom. The second kappa shape index (κ2) is 4.53. The SMILES string of the molecule is CSc1nc(C)c(-c2ccccc2)c(=O)[nH]1. The van der Waals surface area contributed by atoms with E-state index in [-0.39, 0.29) is 5.56 Å². The molecule has 0 aliphatic carbocycles. The number of aromatic amines is 1. The van der Waals surface area contributed by atoms with Crippen LogP contribution in [0.4, 0.5) is 0 Å². The topological polar surface area (TPSA) is 45.8 Å². The summed E-state index contributed by atoms with van der Waals surface area (Å²) >= 11 is 1.43. The first kappa shape index (κ1) is 11.0. The highest BCUT2D eigenvalue weighted by molar-refractivity contribution is 7.98. The summed E-state index contributed by atoms with van der Waals surface area (Å²) in [5.74, 6) is 0. The molecule has 0 amide bonds. The minimum absolute atomic E-state index is 0.0805. The smallest absolute Gasteiger partial charge is 0.259 e. The van der Waals surface area contributed by atoms with Crippen molar-refractivity contribution in [3.8, 4) is 11.1 Å². The summed E-state index contributed by atoms with van der Waals surface area (Å²) in [4.78, 5) is 19.0. The molecule has 0 saturated heterocycles. The van der Waals surface area contributed by atoms with Gasteiger partial charge in [0.15, 0.2) is 5.16 Å². The molecule has 0 saturated carbocycles. The number of hydrogen-bond donors (Lipinski definition) is 1. The van der Waals surface area contributed by atoms with E-state index in [2.05, 4.69) is 9.97 Å². The van der Waals surface area contributed by atoms with Gasteiger partial charge < -0.3 is 4.98 Å². The van der Waals surface area contributed by atoms with E-state index in [0.29, 0.717) is 10.7 Å². The molecule has 0 atom stereocenters. The van der Waals surface area contributed by atoms with Crippen LogP contribution in [0.15, 0.2) is 40.3 Å². The number of aryl methyl sites for hydroxylation is 1. The Bertz CT molecular complexity index is 549. The Balaban J connectivity index is 2.63. The molecule has 0 radical (unpaired) electrons. The summed E-state index contributed by atoms with van der Waals surface area (Å²) in [6.45, 7) is 1.86. The maximum atomic E-state index is 11.9. The summed E-state index contributed by atoms with van der Waals surface area (Å²) in [7, 11) is 0. The van der Waals surface area contributed by atoms with Gasteiger partial charge in [0, 0.05) is 0 Å². The van der Waals surface area contributed by atoms with Crippen molar-refractivity contribution in [2.75, 3.05) is 6.26 Å². The Kier molecular flexibility index (Phi) is 3.10. The Labute approximate surface area is 97.9 Å². The highest BCUT2D eigenvalue weighted by Crippen LogP contribution is 2.18. The van der Waals surface area contributed by atoms with Gasteiger partial charge >= 0.3 is 0 Å². The highest BCUT2D eigenvalue weighted by Gasteiger charge is 2.09. The molecule has 1 aromatic carbocycles. The number of benzene rings is 1. The molecule has 0 spiro atoms. The molecule has 16 heavy (non-hydrogen) atoms. The lowest BCUT2D eigenvalue weighted by molar-refractivity contribution is 0.912. The predicted octanol–water partition coefficient (Wildman–Crippen LogP) is 2.47. The molecule has 82 valence electrons. The van der Waals surface area contributed by atoms with Crippen LogP contribution in [0.3, 0.4) is 0 Å². The Morgan fingerprint density at radius 2 is 1.94 bits per heavy atom. The van der Waals surface area contributed by atoms with Crippen molar-refractivity contribution in [3.05, 3.63) is 46.4 Å². The lowest BCUT2D eigenvalue weighted by atomic mass is 10.1. The van der Waals surface area contributed by atoms with Crippen molar-refractivity contribution in [2.45, 2.75) is 12.1 Å². The molecule has 4 heteroatoms. The third-order valence-electron chi connectivity index (χ3n) is 2.33. The summed E-state index contributed by atoms with van der Waals surface area (Å²) in [6, 6.07) is 9.58. The van der Waals surface area contributed by atoms with Crippen molar-refractivity contribution in [3.63, 3.8) is 0 Å². The number of thioether (sulfide) groups is 1. The van der Waals surface area contributed by atoms with Crippen LogP contribution >= 0.6 is 11.8 Å². The maximum absolute atomic E-state index is 11.9. The van der Waals surface area contributed by atoms with Gasteiger partial charge in [-0.25, -0.2) is 4.98 Å². The molecule has 0 fully saturated rings. The number of H-pyrrole nitrogens is 1. The minimum atomic E-state index is -0.0805. The van der Waals surface area contributed by atoms with Crippen LogP contribution in [0.25, 0.3) is 11.1 Å². The largest absolute Gasteiger partial charge is 0.301 e. The summed E-state index contributed by atoms with van der Waals surface area (Å²) in [6.07, 6.45) is 1.89. The summed E-state index contributed by atoms with van der Waals surface area (Å²) in [5, 5.41) is 0.655. The first-order valence-electron chi connectivity index (χ1n) is 4.92. The zero-order valence-corrected chi connectivity index (χ0v) is 9.97. The van der Waals surface area contributed by atoms with E-state index >= 15 is 0 Å². The zero-order chi connectivity index (χ0) is 11.5. The molecular weight excluding hydrogens is 220 g/mol. The molecule has 0 aliphatic rings. The lowest BCUT2D eigenvalue weighted by Crippen LogP contribution is -2.13. The Hall–Kier alpha value is -1.55. The van der Waals surface area contributed by atoms with Gasteiger partial charge in [-0.05, 0) is 18.7 Å². The fourth-order valence-electron chi connectivity index (χ4n) is 1.60. The lowest BCUT2D eigenvalue weighted by Gasteiger charge is -2.05. The standard InChI is InChI=1S/C12H12N2OS/c1-8-10(9-6-4-3-5-7-9)11(15)14-12(13-8)16-2/h3-7H,1-2H3,(H,13,14,15). The van der Waals surface area contributed by atoms with Crippen LogP contribution < -0.4 is 5.56 Å². The molecule has 1 heterocycles. The molecule has 1 N–H and O–H groups in total. The van der Waals surface area contributed by atoms with Crippen LogP contribution in [-0.2, 0) is 0 Å². The van der Waals surface area contributed by atoms with Crippen LogP contribution in [0.5, 0.6) is 0 Å². The van der Waals surface area contributed by atoms with Gasteiger partial charge in [0.25, 0.3) is 5.56 Å². The van der Waals surface area contributed by atoms with Crippen LogP contribution in [-0.4, -0.2) is 16.2 Å². The number of hydrogen-bond acceptors (Lipinski definition) is 3. The van der Waals surface area contributed by atoms with E-state index < -0.39 is 0 Å². The van der Waals surface area contributed by atoms with Crippen LogP contribution in [0, 0.1) is 6.92 Å². The minimum Gasteiger partial charge on any atom is -0.301 e. The quantitative estimate of drug-likeness (QED) is 0.639. The zero-order valence-electron chi connectivity index (χ0n) is 9.15. The number of rotatable bonds is 2. The number of aromatic nitrogens is 2. The van der Waals surface area contributed by atoms with E-state index in [9.17, 15) is 4.79 Å². The van der Waals surface area contributed by atoms with E-state index in [1.807, 2.05) is 43.5 Å². The highest BCUT2D eigenvalue weighted by atomic mass is 32.2. The van der Waals surface area contributed by atoms with E-state index in [1.165, 1.54) is 11.8 Å². The Morgan fingerprint density at radius 3 is 2.50 bits per heavy atom. The average molecular weight is 232 g/mol.